The number of carbonyl (C=O) groups excluding carboxylic acids is 1. The zero-order valence-electron chi connectivity index (χ0n) is 16.6. The molecule has 0 spiro atoms. The zero-order valence-corrected chi connectivity index (χ0v) is 18.3. The molecule has 0 saturated carbocycles. The van der Waals surface area contributed by atoms with E-state index in [4.69, 9.17) is 18.5 Å². The van der Waals surface area contributed by atoms with E-state index in [9.17, 15) is 9.36 Å². The van der Waals surface area contributed by atoms with Crippen LogP contribution >= 0.6 is 19.9 Å². The van der Waals surface area contributed by atoms with E-state index < -0.39 is 13.8 Å². The van der Waals surface area contributed by atoms with Crippen LogP contribution in [0.3, 0.4) is 0 Å². The van der Waals surface area contributed by atoms with Crippen molar-refractivity contribution in [2.24, 2.45) is 0 Å². The highest BCUT2D eigenvalue weighted by atomic mass is 32.2. The van der Waals surface area contributed by atoms with Gasteiger partial charge in [0.1, 0.15) is 5.60 Å². The fraction of sp³-hybridized carbons (Fsp3) is 0.588. The van der Waals surface area contributed by atoms with Crippen molar-refractivity contribution in [3.05, 3.63) is 23.8 Å². The summed E-state index contributed by atoms with van der Waals surface area (Å²) in [6.45, 7) is 7.85. The molecule has 0 unspecified atom stereocenters. The van der Waals surface area contributed by atoms with Crippen LogP contribution < -0.4 is 9.47 Å². The van der Waals surface area contributed by atoms with Crippen molar-refractivity contribution in [3.8, 4) is 11.5 Å². The smallest absolute Gasteiger partial charge is 0.426 e. The highest BCUT2D eigenvalue weighted by Gasteiger charge is 2.35. The Morgan fingerprint density at radius 2 is 1.89 bits per heavy atom. The van der Waals surface area contributed by atoms with Crippen LogP contribution in [0.1, 0.15) is 33.3 Å². The van der Waals surface area contributed by atoms with Crippen LogP contribution in [-0.4, -0.2) is 47.4 Å². The van der Waals surface area contributed by atoms with Crippen LogP contribution in [-0.2, 0) is 20.0 Å². The molecule has 1 aliphatic rings. The van der Waals surface area contributed by atoms with Gasteiger partial charge >= 0.3 is 13.8 Å². The quantitative estimate of drug-likeness (QED) is 0.451. The minimum absolute atomic E-state index is 0.222. The van der Waals surface area contributed by atoms with Gasteiger partial charge < -0.3 is 9.47 Å². The summed E-state index contributed by atoms with van der Waals surface area (Å²) >= 11 is 0.885. The van der Waals surface area contributed by atoms with E-state index in [2.05, 4.69) is 0 Å². The van der Waals surface area contributed by atoms with Gasteiger partial charge in [-0.3, -0.25) is 9.05 Å². The van der Waals surface area contributed by atoms with E-state index in [1.54, 1.807) is 19.9 Å². The Kier molecular flexibility index (Phi) is 7.21. The SMILES string of the molecule is CCOP(=O)(OCC)N(C)SN(C)C(=O)Oc1cccc2c1OC(C)(C)C2. The topological polar surface area (TPSA) is 77.5 Å². The Bertz CT molecular complexity index is 719. The molecule has 152 valence electrons. The van der Waals surface area contributed by atoms with Gasteiger partial charge in [0.2, 0.25) is 0 Å². The molecule has 0 fully saturated rings. The Labute approximate surface area is 164 Å². The van der Waals surface area contributed by atoms with Crippen LogP contribution in [0.2, 0.25) is 0 Å². The summed E-state index contributed by atoms with van der Waals surface area (Å²) in [7, 11) is -0.447. The van der Waals surface area contributed by atoms with Gasteiger partial charge in [-0.2, -0.15) is 0 Å². The van der Waals surface area contributed by atoms with Gasteiger partial charge in [-0.05, 0) is 33.8 Å². The van der Waals surface area contributed by atoms with Gasteiger partial charge in [-0.25, -0.2) is 13.7 Å². The summed E-state index contributed by atoms with van der Waals surface area (Å²) in [5, 5.41) is 0. The van der Waals surface area contributed by atoms with Crippen LogP contribution in [0.5, 0.6) is 11.5 Å². The van der Waals surface area contributed by atoms with E-state index >= 15 is 0 Å². The van der Waals surface area contributed by atoms with Gasteiger partial charge in [0.25, 0.3) is 0 Å². The molecule has 1 aliphatic heterocycles. The molecule has 1 aromatic rings. The summed E-state index contributed by atoms with van der Waals surface area (Å²) in [5.74, 6) is 0.938. The lowest BCUT2D eigenvalue weighted by atomic mass is 10.0. The predicted octanol–water partition coefficient (Wildman–Crippen LogP) is 4.51. The average molecular weight is 418 g/mol. The minimum Gasteiger partial charge on any atom is -0.483 e. The number of ether oxygens (including phenoxy) is 2. The number of benzene rings is 1. The summed E-state index contributed by atoms with van der Waals surface area (Å²) < 4.78 is 37.1. The molecular weight excluding hydrogens is 391 g/mol. The fourth-order valence-electron chi connectivity index (χ4n) is 2.61. The molecule has 0 radical (unpaired) electrons. The first-order valence-electron chi connectivity index (χ1n) is 8.69. The van der Waals surface area contributed by atoms with Crippen LogP contribution in [0.25, 0.3) is 0 Å². The maximum Gasteiger partial charge on any atom is 0.426 e. The Hall–Kier alpha value is -1.25. The number of amides is 1. The molecule has 0 saturated heterocycles. The van der Waals surface area contributed by atoms with Crippen molar-refractivity contribution in [2.45, 2.75) is 39.7 Å². The van der Waals surface area contributed by atoms with Crippen LogP contribution in [0.15, 0.2) is 18.2 Å². The van der Waals surface area contributed by atoms with Crippen LogP contribution in [0, 0.1) is 0 Å². The monoisotopic (exact) mass is 418 g/mol. The second-order valence-corrected chi connectivity index (χ2v) is 10.1. The second kappa shape index (κ2) is 8.84. The predicted molar refractivity (Wildman–Crippen MR) is 105 cm³/mol. The lowest BCUT2D eigenvalue weighted by Crippen LogP contribution is -2.28. The highest BCUT2D eigenvalue weighted by molar-refractivity contribution is 7.99. The molecular formula is C17H27N2O6PS. The Morgan fingerprint density at radius 1 is 1.26 bits per heavy atom. The summed E-state index contributed by atoms with van der Waals surface area (Å²) in [6, 6.07) is 5.46. The van der Waals surface area contributed by atoms with Crippen molar-refractivity contribution >= 4 is 26.0 Å². The largest absolute Gasteiger partial charge is 0.483 e. The summed E-state index contributed by atoms with van der Waals surface area (Å²) in [4.78, 5) is 12.5. The third kappa shape index (κ3) is 5.39. The third-order valence-corrected chi connectivity index (χ3v) is 6.99. The number of fused-ring (bicyclic) bond motifs is 1. The number of nitrogens with zero attached hydrogens (tertiary/aromatic N) is 2. The molecule has 8 nitrogen and oxygen atoms in total. The van der Waals surface area contributed by atoms with E-state index in [0.717, 1.165) is 24.1 Å². The van der Waals surface area contributed by atoms with Crippen molar-refractivity contribution in [1.82, 2.24) is 8.38 Å². The lowest BCUT2D eigenvalue weighted by molar-refractivity contribution is 0.131. The maximum atomic E-state index is 12.7. The number of para-hydroxylation sites is 1. The molecule has 2 rings (SSSR count). The second-order valence-electron chi connectivity index (χ2n) is 6.50. The van der Waals surface area contributed by atoms with Crippen molar-refractivity contribution in [1.29, 1.82) is 0 Å². The van der Waals surface area contributed by atoms with Crippen LogP contribution in [0.4, 0.5) is 4.79 Å². The molecule has 0 atom stereocenters. The van der Waals surface area contributed by atoms with Gasteiger partial charge in [-0.1, -0.05) is 12.1 Å². The fourth-order valence-corrected chi connectivity index (χ4v) is 5.09. The molecule has 27 heavy (non-hydrogen) atoms. The molecule has 1 heterocycles. The number of hydrogen-bond acceptors (Lipinski definition) is 7. The van der Waals surface area contributed by atoms with Gasteiger partial charge in [-0.15, -0.1) is 4.08 Å². The first kappa shape index (κ1) is 22.0. The molecule has 0 aliphatic carbocycles. The first-order valence-corrected chi connectivity index (χ1v) is 10.9. The van der Waals surface area contributed by atoms with E-state index in [-0.39, 0.29) is 18.8 Å². The number of carbonyl (C=O) groups is 1. The van der Waals surface area contributed by atoms with E-state index in [1.807, 2.05) is 26.0 Å². The van der Waals surface area contributed by atoms with Crippen molar-refractivity contribution in [2.75, 3.05) is 27.3 Å². The van der Waals surface area contributed by atoms with Crippen molar-refractivity contribution in [3.63, 3.8) is 0 Å². The van der Waals surface area contributed by atoms with Gasteiger partial charge in [0.15, 0.2) is 11.5 Å². The Morgan fingerprint density at radius 3 is 2.48 bits per heavy atom. The Balaban J connectivity index is 2.05. The average Bonchev–Trinajstić information content (AvgIpc) is 2.90. The molecule has 10 heteroatoms. The zero-order chi connectivity index (χ0) is 20.2. The summed E-state index contributed by atoms with van der Waals surface area (Å²) in [6.07, 6.45) is 0.112. The maximum absolute atomic E-state index is 12.7. The van der Waals surface area contributed by atoms with Gasteiger partial charge in [0, 0.05) is 26.1 Å². The van der Waals surface area contributed by atoms with Gasteiger partial charge in [0.05, 0.1) is 25.3 Å². The highest BCUT2D eigenvalue weighted by Crippen LogP contribution is 2.54. The van der Waals surface area contributed by atoms with E-state index in [1.165, 1.54) is 22.5 Å². The summed E-state index contributed by atoms with van der Waals surface area (Å²) in [5.41, 5.74) is 0.655. The molecule has 1 amide bonds. The molecule has 0 bridgehead atoms. The number of rotatable bonds is 8. The number of hydrogen-bond donors (Lipinski definition) is 0. The minimum atomic E-state index is -3.49. The molecule has 0 N–H and O–H groups in total. The molecule has 0 aromatic heterocycles. The third-order valence-electron chi connectivity index (χ3n) is 3.68. The standard InChI is InChI=1S/C17H27N2O6PS/c1-7-22-26(21,23-8-2)19(6)27-18(5)16(20)24-14-11-9-10-13-12-17(3,4)25-15(13)14/h9-11H,7-8,12H2,1-6H3. The van der Waals surface area contributed by atoms with E-state index in [0.29, 0.717) is 11.5 Å². The van der Waals surface area contributed by atoms with Crippen molar-refractivity contribution < 1.29 is 27.9 Å². The lowest BCUT2D eigenvalue weighted by Gasteiger charge is -2.27. The molecule has 1 aromatic carbocycles. The normalized spacial score (nSPS) is 15.4. The first-order chi connectivity index (χ1) is 12.6.